The summed E-state index contributed by atoms with van der Waals surface area (Å²) < 4.78 is 5.95. The molecule has 0 unspecified atom stereocenters. The number of aliphatic hydroxyl groups is 1. The lowest BCUT2D eigenvalue weighted by Gasteiger charge is -2.50. The van der Waals surface area contributed by atoms with Gasteiger partial charge in [-0.3, -0.25) is 14.5 Å². The topological polar surface area (TPSA) is 167 Å². The molecular weight excluding hydrogens is 674 g/mol. The quantitative estimate of drug-likeness (QED) is 0.0955. The van der Waals surface area contributed by atoms with E-state index in [2.05, 4.69) is 20.5 Å². The highest BCUT2D eigenvalue weighted by Gasteiger charge is 2.43. The van der Waals surface area contributed by atoms with Crippen LogP contribution in [-0.2, 0) is 11.3 Å². The van der Waals surface area contributed by atoms with Gasteiger partial charge in [-0.15, -0.1) is 0 Å². The first-order valence-corrected chi connectivity index (χ1v) is 17.9. The molecule has 274 valence electrons. The average molecular weight is 718 g/mol. The molecule has 3 aliphatic heterocycles. The lowest BCUT2D eigenvalue weighted by molar-refractivity contribution is -0.118. The Morgan fingerprint density at radius 1 is 0.925 bits per heavy atom. The number of phenols is 1. The number of carbonyl (C=O) groups excluding carboxylic acids is 1. The Morgan fingerprint density at radius 3 is 2.45 bits per heavy atom. The summed E-state index contributed by atoms with van der Waals surface area (Å²) in [6.45, 7) is 3.10. The van der Waals surface area contributed by atoms with Crippen LogP contribution in [0.2, 0.25) is 0 Å². The maximum absolute atomic E-state index is 13.0. The van der Waals surface area contributed by atoms with Crippen LogP contribution < -0.4 is 20.9 Å². The third-order valence-electron chi connectivity index (χ3n) is 10.3. The summed E-state index contributed by atoms with van der Waals surface area (Å²) in [6, 6.07) is 29.7. The SMILES string of the molecule is O=C(COc1cccc([C@H](c2ccccc2)N(C(=O)O)[C@H]2CN3CCC2CC3)c1)Nc1cccc(CNC[C@H](O)c2ccc(O)c3[nH]c(=O)ccc23)c1. The number of nitrogens with zero attached hydrogens (tertiary/aromatic N) is 2. The van der Waals surface area contributed by atoms with Crippen LogP contribution in [0.15, 0.2) is 108 Å². The molecule has 2 amide bonds. The number of aromatic nitrogens is 1. The van der Waals surface area contributed by atoms with Gasteiger partial charge in [0.05, 0.1) is 23.7 Å². The van der Waals surface area contributed by atoms with E-state index in [-0.39, 0.29) is 41.9 Å². The molecule has 2 bridgehead atoms. The van der Waals surface area contributed by atoms with Gasteiger partial charge in [0, 0.05) is 36.8 Å². The van der Waals surface area contributed by atoms with Crippen LogP contribution in [0.1, 0.15) is 47.2 Å². The van der Waals surface area contributed by atoms with Crippen molar-refractivity contribution in [3.63, 3.8) is 0 Å². The number of aromatic amines is 1. The van der Waals surface area contributed by atoms with Gasteiger partial charge in [0.15, 0.2) is 6.61 Å². The van der Waals surface area contributed by atoms with Gasteiger partial charge in [0.2, 0.25) is 5.56 Å². The monoisotopic (exact) mass is 717 g/mol. The van der Waals surface area contributed by atoms with Crippen molar-refractivity contribution in [2.24, 2.45) is 5.92 Å². The molecule has 4 aromatic carbocycles. The first-order valence-electron chi connectivity index (χ1n) is 17.9. The van der Waals surface area contributed by atoms with Crippen molar-refractivity contribution in [1.82, 2.24) is 20.1 Å². The molecule has 8 rings (SSSR count). The van der Waals surface area contributed by atoms with E-state index in [4.69, 9.17) is 4.74 Å². The smallest absolute Gasteiger partial charge is 0.408 e. The van der Waals surface area contributed by atoms with E-state index in [0.29, 0.717) is 34.8 Å². The Kier molecular flexibility index (Phi) is 10.7. The van der Waals surface area contributed by atoms with Crippen molar-refractivity contribution in [2.45, 2.75) is 37.6 Å². The van der Waals surface area contributed by atoms with Crippen molar-refractivity contribution in [3.05, 3.63) is 136 Å². The average Bonchev–Trinajstić information content (AvgIpc) is 3.17. The minimum atomic E-state index is -0.957. The highest BCUT2D eigenvalue weighted by Crippen LogP contribution is 2.39. The van der Waals surface area contributed by atoms with E-state index < -0.39 is 18.2 Å². The number of piperidine rings is 3. The number of carbonyl (C=O) groups is 2. The Balaban J connectivity index is 0.975. The molecule has 3 saturated heterocycles. The van der Waals surface area contributed by atoms with Gasteiger partial charge >= 0.3 is 6.09 Å². The van der Waals surface area contributed by atoms with Gasteiger partial charge in [-0.05, 0) is 90.5 Å². The molecule has 3 aliphatic rings. The Hall–Kier alpha value is -5.69. The fraction of sp³-hybridized carbons (Fsp3) is 0.293. The zero-order chi connectivity index (χ0) is 36.9. The first-order chi connectivity index (χ1) is 25.7. The van der Waals surface area contributed by atoms with E-state index in [1.54, 1.807) is 29.2 Å². The van der Waals surface area contributed by atoms with Crippen molar-refractivity contribution < 1.29 is 29.6 Å². The summed E-state index contributed by atoms with van der Waals surface area (Å²) >= 11 is 0. The number of H-pyrrole nitrogens is 1. The maximum atomic E-state index is 13.0. The zero-order valence-electron chi connectivity index (χ0n) is 29.2. The van der Waals surface area contributed by atoms with Crippen molar-refractivity contribution in [1.29, 1.82) is 0 Å². The number of rotatable bonds is 13. The van der Waals surface area contributed by atoms with Crippen LogP contribution in [0.25, 0.3) is 10.9 Å². The Bertz CT molecular complexity index is 2130. The number of benzene rings is 4. The van der Waals surface area contributed by atoms with E-state index in [1.165, 1.54) is 12.1 Å². The molecule has 5 aromatic rings. The van der Waals surface area contributed by atoms with Gasteiger partial charge in [-0.1, -0.05) is 60.7 Å². The van der Waals surface area contributed by atoms with Crippen LogP contribution in [0.5, 0.6) is 11.5 Å². The largest absolute Gasteiger partial charge is 0.506 e. The second-order valence-electron chi connectivity index (χ2n) is 13.8. The summed E-state index contributed by atoms with van der Waals surface area (Å²) in [4.78, 5) is 44.3. The summed E-state index contributed by atoms with van der Waals surface area (Å²) in [5, 5.41) is 38.3. The second-order valence-corrected chi connectivity index (χ2v) is 13.8. The molecule has 1 aromatic heterocycles. The number of fused-ring (bicyclic) bond motifs is 4. The standard InChI is InChI=1S/C41H43N5O7/c47-35-14-12-32(33-13-15-37(49)44-39(33)35)36(48)23-42-22-26-6-4-10-30(20-26)43-38(50)25-53-31-11-5-9-29(21-31)40(28-7-2-1-3-8-28)46(41(51)52)34-24-45-18-16-27(34)17-19-45/h1-15,20-21,27,34,36,40,42,47-48H,16-19,22-25H2,(H,43,50)(H,44,49)(H,51,52)/t34-,36-,40-/m0/s1. The zero-order valence-corrected chi connectivity index (χ0v) is 29.2. The highest BCUT2D eigenvalue weighted by molar-refractivity contribution is 5.92. The van der Waals surface area contributed by atoms with Crippen LogP contribution in [0, 0.1) is 5.92 Å². The number of carboxylic acid groups (broad SMARTS) is 1. The predicted molar refractivity (Wildman–Crippen MR) is 201 cm³/mol. The molecule has 3 atom stereocenters. The molecule has 0 radical (unpaired) electrons. The van der Waals surface area contributed by atoms with Gasteiger partial charge in [-0.25, -0.2) is 4.79 Å². The van der Waals surface area contributed by atoms with Crippen LogP contribution in [-0.4, -0.2) is 80.9 Å². The lowest BCUT2D eigenvalue weighted by atomic mass is 9.81. The molecular formula is C41H43N5O7. The first kappa shape index (κ1) is 35.7. The van der Waals surface area contributed by atoms with E-state index >= 15 is 0 Å². The fourth-order valence-electron chi connectivity index (χ4n) is 7.73. The molecule has 0 spiro atoms. The molecule has 6 N–H and O–H groups in total. The lowest BCUT2D eigenvalue weighted by Crippen LogP contribution is -2.59. The minimum Gasteiger partial charge on any atom is -0.506 e. The van der Waals surface area contributed by atoms with Crippen LogP contribution >= 0.6 is 0 Å². The van der Waals surface area contributed by atoms with Crippen molar-refractivity contribution in [3.8, 4) is 11.5 Å². The van der Waals surface area contributed by atoms with E-state index in [1.807, 2.05) is 66.7 Å². The van der Waals surface area contributed by atoms with E-state index in [0.717, 1.165) is 49.2 Å². The summed E-state index contributed by atoms with van der Waals surface area (Å²) in [5.41, 5.74) is 3.60. The molecule has 0 aliphatic carbocycles. The number of hydrogen-bond donors (Lipinski definition) is 6. The van der Waals surface area contributed by atoms with Gasteiger partial charge < -0.3 is 40.6 Å². The Morgan fingerprint density at radius 2 is 1.70 bits per heavy atom. The number of aromatic hydroxyl groups is 1. The number of phenolic OH excluding ortho intramolecular Hbond substituents is 1. The number of nitrogens with one attached hydrogen (secondary N) is 3. The molecule has 0 saturated carbocycles. The molecule has 12 heteroatoms. The highest BCUT2D eigenvalue weighted by atomic mass is 16.5. The molecule has 3 fully saturated rings. The maximum Gasteiger partial charge on any atom is 0.408 e. The number of ether oxygens (including phenoxy) is 1. The molecule has 12 nitrogen and oxygen atoms in total. The van der Waals surface area contributed by atoms with Crippen LogP contribution in [0.3, 0.4) is 0 Å². The number of pyridine rings is 1. The predicted octanol–water partition coefficient (Wildman–Crippen LogP) is 5.24. The van der Waals surface area contributed by atoms with Crippen LogP contribution in [0.4, 0.5) is 10.5 Å². The summed E-state index contributed by atoms with van der Waals surface area (Å²) in [5.74, 6) is 0.346. The third kappa shape index (κ3) is 8.20. The normalized spacial score (nSPS) is 19.0. The van der Waals surface area contributed by atoms with Crippen molar-refractivity contribution in [2.75, 3.05) is 38.1 Å². The number of aliphatic hydroxyl groups excluding tert-OH is 1. The van der Waals surface area contributed by atoms with Gasteiger partial charge in [0.1, 0.15) is 11.5 Å². The second kappa shape index (κ2) is 15.9. The summed E-state index contributed by atoms with van der Waals surface area (Å²) in [6.07, 6.45) is 0.111. The van der Waals surface area contributed by atoms with Gasteiger partial charge in [-0.2, -0.15) is 0 Å². The molecule has 53 heavy (non-hydrogen) atoms. The summed E-state index contributed by atoms with van der Waals surface area (Å²) in [7, 11) is 0. The number of amides is 2. The Labute approximate surface area is 306 Å². The fourth-order valence-corrected chi connectivity index (χ4v) is 7.73. The third-order valence-corrected chi connectivity index (χ3v) is 10.3. The van der Waals surface area contributed by atoms with Crippen molar-refractivity contribution >= 4 is 28.6 Å². The van der Waals surface area contributed by atoms with E-state index in [9.17, 15) is 29.7 Å². The minimum absolute atomic E-state index is 0.0713. The number of anilines is 1. The number of hydrogen-bond acceptors (Lipinski definition) is 8. The van der Waals surface area contributed by atoms with Gasteiger partial charge in [0.25, 0.3) is 5.91 Å². The molecule has 4 heterocycles.